The predicted molar refractivity (Wildman–Crippen MR) is 88.1 cm³/mol. The molecule has 1 aromatic rings. The van der Waals surface area contributed by atoms with Gasteiger partial charge in [-0.1, -0.05) is 24.6 Å². The van der Waals surface area contributed by atoms with Gasteiger partial charge < -0.3 is 5.11 Å². The summed E-state index contributed by atoms with van der Waals surface area (Å²) >= 11 is 0. The average Bonchev–Trinajstić information content (AvgIpc) is 2.84. The molecule has 0 aromatic heterocycles. The van der Waals surface area contributed by atoms with Crippen molar-refractivity contribution in [2.24, 2.45) is 0 Å². The second kappa shape index (κ2) is 6.81. The van der Waals surface area contributed by atoms with Crippen LogP contribution in [0.25, 0.3) is 0 Å². The molecule has 2 amide bonds. The van der Waals surface area contributed by atoms with Crippen molar-refractivity contribution in [3.05, 3.63) is 29.8 Å². The first-order chi connectivity index (χ1) is 11.1. The van der Waals surface area contributed by atoms with E-state index in [1.165, 1.54) is 4.90 Å². The Kier molecular flexibility index (Phi) is 4.78. The number of carbonyl (C=O) groups excluding carboxylic acids is 2. The first-order valence-corrected chi connectivity index (χ1v) is 8.42. The summed E-state index contributed by atoms with van der Waals surface area (Å²) in [6.07, 6.45) is 4.07. The molecule has 0 aliphatic carbocycles. The molecule has 5 nitrogen and oxygen atoms in total. The first kappa shape index (κ1) is 16.1. The average molecular weight is 316 g/mol. The summed E-state index contributed by atoms with van der Waals surface area (Å²) in [5, 5.41) is 9.27. The van der Waals surface area contributed by atoms with Gasteiger partial charge in [-0.15, -0.1) is 0 Å². The molecule has 0 spiro atoms. The van der Waals surface area contributed by atoms with Crippen LogP contribution >= 0.6 is 0 Å². The lowest BCUT2D eigenvalue weighted by atomic mass is 9.97. The zero-order valence-electron chi connectivity index (χ0n) is 13.6. The van der Waals surface area contributed by atoms with Gasteiger partial charge in [0.05, 0.1) is 18.2 Å². The van der Waals surface area contributed by atoms with Crippen molar-refractivity contribution < 1.29 is 14.7 Å². The molecular weight excluding hydrogens is 292 g/mol. The third kappa shape index (κ3) is 3.03. The van der Waals surface area contributed by atoms with E-state index in [9.17, 15) is 14.7 Å². The normalized spacial score (nSPS) is 26.1. The van der Waals surface area contributed by atoms with Gasteiger partial charge in [0.15, 0.2) is 0 Å². The number of aryl methyl sites for hydroxylation is 1. The quantitative estimate of drug-likeness (QED) is 0.862. The molecule has 3 rings (SSSR count). The molecule has 2 aliphatic heterocycles. The van der Waals surface area contributed by atoms with Crippen molar-refractivity contribution in [1.29, 1.82) is 0 Å². The van der Waals surface area contributed by atoms with Gasteiger partial charge in [-0.25, -0.2) is 4.90 Å². The predicted octanol–water partition coefficient (Wildman–Crippen LogP) is 1.86. The number of nitrogens with zero attached hydrogens (tertiary/aromatic N) is 2. The van der Waals surface area contributed by atoms with E-state index in [4.69, 9.17) is 0 Å². The van der Waals surface area contributed by atoms with Gasteiger partial charge >= 0.3 is 0 Å². The molecule has 2 atom stereocenters. The topological polar surface area (TPSA) is 60.9 Å². The van der Waals surface area contributed by atoms with Crippen LogP contribution in [0.15, 0.2) is 24.3 Å². The summed E-state index contributed by atoms with van der Waals surface area (Å²) in [6.45, 7) is 2.87. The van der Waals surface area contributed by atoms with Crippen molar-refractivity contribution >= 4 is 17.5 Å². The molecule has 0 saturated carbocycles. The second-order valence-corrected chi connectivity index (χ2v) is 6.47. The van der Waals surface area contributed by atoms with Crippen LogP contribution in [0.1, 0.15) is 37.7 Å². The Labute approximate surface area is 136 Å². The number of imide groups is 1. The second-order valence-electron chi connectivity index (χ2n) is 6.47. The summed E-state index contributed by atoms with van der Waals surface area (Å²) < 4.78 is 0. The highest BCUT2D eigenvalue weighted by Gasteiger charge is 2.45. The summed E-state index contributed by atoms with van der Waals surface area (Å²) in [5.41, 5.74) is 1.63. The third-order valence-electron chi connectivity index (χ3n) is 5.01. The lowest BCUT2D eigenvalue weighted by molar-refractivity contribution is -0.124. The Bertz CT molecular complexity index is 600. The highest BCUT2D eigenvalue weighted by Crippen LogP contribution is 2.31. The monoisotopic (exact) mass is 316 g/mol. The zero-order chi connectivity index (χ0) is 16.4. The Hall–Kier alpha value is -1.72. The van der Waals surface area contributed by atoms with E-state index >= 15 is 0 Å². The summed E-state index contributed by atoms with van der Waals surface area (Å²) in [5.74, 6) is -0.239. The smallest absolute Gasteiger partial charge is 0.251 e. The number of rotatable bonds is 4. The van der Waals surface area contributed by atoms with Gasteiger partial charge in [0, 0.05) is 12.6 Å². The van der Waals surface area contributed by atoms with Crippen molar-refractivity contribution in [1.82, 2.24) is 4.90 Å². The number of amides is 2. The minimum Gasteiger partial charge on any atom is -0.396 e. The minimum absolute atomic E-state index is 0.117. The maximum Gasteiger partial charge on any atom is 0.251 e. The van der Waals surface area contributed by atoms with Crippen LogP contribution < -0.4 is 4.90 Å². The lowest BCUT2D eigenvalue weighted by Crippen LogP contribution is -2.50. The van der Waals surface area contributed by atoms with Crippen LogP contribution in [-0.4, -0.2) is 47.1 Å². The molecule has 2 heterocycles. The van der Waals surface area contributed by atoms with E-state index in [0.717, 1.165) is 31.4 Å². The number of piperidine rings is 1. The summed E-state index contributed by atoms with van der Waals surface area (Å²) in [4.78, 5) is 28.9. The van der Waals surface area contributed by atoms with Crippen LogP contribution in [0.2, 0.25) is 0 Å². The number of likely N-dealkylation sites (tertiary alicyclic amines) is 1. The molecule has 5 heteroatoms. The Morgan fingerprint density at radius 2 is 2.00 bits per heavy atom. The van der Waals surface area contributed by atoms with Crippen molar-refractivity contribution in [2.45, 2.75) is 51.1 Å². The molecule has 124 valence electrons. The van der Waals surface area contributed by atoms with E-state index < -0.39 is 0 Å². The first-order valence-electron chi connectivity index (χ1n) is 8.42. The fourth-order valence-corrected chi connectivity index (χ4v) is 3.83. The van der Waals surface area contributed by atoms with Gasteiger partial charge in [-0.2, -0.15) is 0 Å². The molecule has 0 radical (unpaired) electrons. The number of para-hydroxylation sites is 1. The van der Waals surface area contributed by atoms with Gasteiger partial charge in [-0.3, -0.25) is 14.5 Å². The standard InChI is InChI=1S/C18H24N2O3/c1-13-6-2-3-8-15(13)20-17(22)12-16(18(20)23)19-10-5-4-7-14(19)9-11-21/h2-3,6,8,14,16,21H,4-5,7,9-12H2,1H3. The van der Waals surface area contributed by atoms with Crippen molar-refractivity contribution in [3.8, 4) is 0 Å². The van der Waals surface area contributed by atoms with Crippen LogP contribution in [0.4, 0.5) is 5.69 Å². The van der Waals surface area contributed by atoms with Crippen molar-refractivity contribution in [3.63, 3.8) is 0 Å². The number of hydrogen-bond acceptors (Lipinski definition) is 4. The third-order valence-corrected chi connectivity index (χ3v) is 5.01. The van der Waals surface area contributed by atoms with Crippen LogP contribution in [0.5, 0.6) is 0 Å². The highest BCUT2D eigenvalue weighted by molar-refractivity contribution is 6.22. The maximum atomic E-state index is 12.9. The molecular formula is C18H24N2O3. The molecule has 2 aliphatic rings. The van der Waals surface area contributed by atoms with Gasteiger partial charge in [0.2, 0.25) is 5.91 Å². The minimum atomic E-state index is -0.376. The molecule has 1 N–H and O–H groups in total. The van der Waals surface area contributed by atoms with E-state index in [2.05, 4.69) is 4.90 Å². The highest BCUT2D eigenvalue weighted by atomic mass is 16.3. The lowest BCUT2D eigenvalue weighted by Gasteiger charge is -2.38. The van der Waals surface area contributed by atoms with Gasteiger partial charge in [0.25, 0.3) is 5.91 Å². The fraction of sp³-hybridized carbons (Fsp3) is 0.556. The van der Waals surface area contributed by atoms with Crippen LogP contribution in [0.3, 0.4) is 0 Å². The molecule has 23 heavy (non-hydrogen) atoms. The fourth-order valence-electron chi connectivity index (χ4n) is 3.83. The van der Waals surface area contributed by atoms with E-state index in [-0.39, 0.29) is 36.9 Å². The van der Waals surface area contributed by atoms with Gasteiger partial charge in [-0.05, 0) is 44.4 Å². The largest absolute Gasteiger partial charge is 0.396 e. The molecule has 2 unspecified atom stereocenters. The molecule has 1 aromatic carbocycles. The molecule has 0 bridgehead atoms. The SMILES string of the molecule is Cc1ccccc1N1C(=O)CC(N2CCCCC2CCO)C1=O. The van der Waals surface area contributed by atoms with Crippen LogP contribution in [0, 0.1) is 6.92 Å². The number of benzene rings is 1. The Morgan fingerprint density at radius 3 is 2.74 bits per heavy atom. The summed E-state index contributed by atoms with van der Waals surface area (Å²) in [7, 11) is 0. The van der Waals surface area contributed by atoms with E-state index in [0.29, 0.717) is 12.1 Å². The van der Waals surface area contributed by atoms with Crippen LogP contribution in [-0.2, 0) is 9.59 Å². The Morgan fingerprint density at radius 1 is 1.22 bits per heavy atom. The molecule has 2 fully saturated rings. The maximum absolute atomic E-state index is 12.9. The van der Waals surface area contributed by atoms with Gasteiger partial charge in [0.1, 0.15) is 0 Å². The number of aliphatic hydroxyl groups is 1. The zero-order valence-corrected chi connectivity index (χ0v) is 13.6. The molecule has 2 saturated heterocycles. The number of anilines is 1. The van der Waals surface area contributed by atoms with E-state index in [1.807, 2.05) is 31.2 Å². The number of aliphatic hydroxyl groups excluding tert-OH is 1. The van der Waals surface area contributed by atoms with E-state index in [1.54, 1.807) is 0 Å². The van der Waals surface area contributed by atoms with Crippen molar-refractivity contribution in [2.75, 3.05) is 18.1 Å². The number of hydrogen-bond donors (Lipinski definition) is 1. The summed E-state index contributed by atoms with van der Waals surface area (Å²) in [6, 6.07) is 7.33. The Balaban J connectivity index is 1.84. The number of carbonyl (C=O) groups is 2.